The number of anilines is 2. The molecule has 0 aliphatic carbocycles. The number of furan rings is 1. The van der Waals surface area contributed by atoms with Crippen LogP contribution in [0.4, 0.5) is 11.4 Å². The number of thioether (sulfide) groups is 1. The third-order valence-corrected chi connectivity index (χ3v) is 8.04. The Kier molecular flexibility index (Phi) is 11.1. The molecule has 0 fully saturated rings. The Bertz CT molecular complexity index is 1820. The maximum Gasteiger partial charge on any atom is 0.272 e. The lowest BCUT2D eigenvalue weighted by Gasteiger charge is -2.11. The Morgan fingerprint density at radius 3 is 2.17 bits per heavy atom. The summed E-state index contributed by atoms with van der Waals surface area (Å²) in [6.45, 7) is 2.49. The second-order valence-electron chi connectivity index (χ2n) is 9.86. The standard InChI is InChI=1S/C36H30BrN3O5S/c1-2-44-29-16-12-27(13-17-29)38-34(41)23-46-31-19-14-28(15-20-31)39-36(43)32(40-35(42)25-6-4-3-5-7-25)22-30-18-21-33(45-30)24-8-10-26(37)11-9-24/h3-22H,2,23H2,1H3,(H,38,41)(H,39,43)(H,40,42). The minimum absolute atomic E-state index is 0.00923. The highest BCUT2D eigenvalue weighted by Gasteiger charge is 2.16. The zero-order valence-corrected chi connectivity index (χ0v) is 27.2. The molecule has 10 heteroatoms. The molecule has 0 aliphatic rings. The summed E-state index contributed by atoms with van der Waals surface area (Å²) in [6.07, 6.45) is 1.49. The maximum absolute atomic E-state index is 13.4. The fraction of sp³-hybridized carbons (Fsp3) is 0.0833. The van der Waals surface area contributed by atoms with Gasteiger partial charge < -0.3 is 25.1 Å². The topological polar surface area (TPSA) is 110 Å². The van der Waals surface area contributed by atoms with Crippen molar-refractivity contribution in [2.75, 3.05) is 23.0 Å². The van der Waals surface area contributed by atoms with Gasteiger partial charge in [-0.05, 0) is 91.9 Å². The quantitative estimate of drug-likeness (QED) is 0.0896. The Balaban J connectivity index is 1.23. The first kappa shape index (κ1) is 32.3. The molecule has 3 N–H and O–H groups in total. The van der Waals surface area contributed by atoms with Crippen LogP contribution in [0.1, 0.15) is 23.0 Å². The lowest BCUT2D eigenvalue weighted by Crippen LogP contribution is -2.30. The number of rotatable bonds is 12. The van der Waals surface area contributed by atoms with Crippen molar-refractivity contribution in [3.05, 3.63) is 137 Å². The number of hydrogen-bond donors (Lipinski definition) is 3. The first-order valence-electron chi connectivity index (χ1n) is 14.4. The number of carbonyl (C=O) groups is 3. The predicted molar refractivity (Wildman–Crippen MR) is 186 cm³/mol. The minimum Gasteiger partial charge on any atom is -0.494 e. The van der Waals surface area contributed by atoms with Crippen LogP contribution in [-0.4, -0.2) is 30.1 Å². The van der Waals surface area contributed by atoms with Gasteiger partial charge >= 0.3 is 0 Å². The van der Waals surface area contributed by atoms with E-state index in [1.165, 1.54) is 17.8 Å². The van der Waals surface area contributed by atoms with E-state index >= 15 is 0 Å². The number of carbonyl (C=O) groups excluding carboxylic acids is 3. The van der Waals surface area contributed by atoms with Crippen LogP contribution in [0.25, 0.3) is 17.4 Å². The third-order valence-electron chi connectivity index (χ3n) is 6.50. The van der Waals surface area contributed by atoms with Gasteiger partial charge in [0.15, 0.2) is 0 Å². The molecule has 5 rings (SSSR count). The first-order valence-corrected chi connectivity index (χ1v) is 16.1. The minimum atomic E-state index is -0.527. The van der Waals surface area contributed by atoms with E-state index in [2.05, 4.69) is 31.9 Å². The van der Waals surface area contributed by atoms with Crippen LogP contribution in [0.2, 0.25) is 0 Å². The Labute approximate surface area is 279 Å². The molecule has 0 spiro atoms. The SMILES string of the molecule is CCOc1ccc(NC(=O)CSc2ccc(NC(=O)C(=Cc3ccc(-c4ccc(Br)cc4)o3)NC(=O)c3ccccc3)cc2)cc1. The number of ether oxygens (including phenoxy) is 1. The Morgan fingerprint density at radius 2 is 1.48 bits per heavy atom. The molecule has 232 valence electrons. The van der Waals surface area contributed by atoms with E-state index < -0.39 is 11.8 Å². The van der Waals surface area contributed by atoms with Crippen molar-refractivity contribution in [1.82, 2.24) is 5.32 Å². The van der Waals surface area contributed by atoms with E-state index in [0.29, 0.717) is 35.1 Å². The predicted octanol–water partition coefficient (Wildman–Crippen LogP) is 8.25. The fourth-order valence-electron chi connectivity index (χ4n) is 4.26. The summed E-state index contributed by atoms with van der Waals surface area (Å²) in [5, 5.41) is 8.42. The molecular formula is C36H30BrN3O5S. The van der Waals surface area contributed by atoms with E-state index in [4.69, 9.17) is 9.15 Å². The van der Waals surface area contributed by atoms with Gasteiger partial charge in [-0.2, -0.15) is 0 Å². The van der Waals surface area contributed by atoms with E-state index in [9.17, 15) is 14.4 Å². The number of halogens is 1. The van der Waals surface area contributed by atoms with Gasteiger partial charge in [-0.3, -0.25) is 14.4 Å². The lowest BCUT2D eigenvalue weighted by molar-refractivity contribution is -0.114. The van der Waals surface area contributed by atoms with E-state index in [1.54, 1.807) is 60.7 Å². The molecule has 0 atom stereocenters. The van der Waals surface area contributed by atoms with E-state index in [-0.39, 0.29) is 17.4 Å². The van der Waals surface area contributed by atoms with Gasteiger partial charge in [0.2, 0.25) is 5.91 Å². The molecule has 3 amide bonds. The van der Waals surface area contributed by atoms with Crippen molar-refractivity contribution in [2.45, 2.75) is 11.8 Å². The van der Waals surface area contributed by atoms with Gasteiger partial charge in [0, 0.05) is 37.9 Å². The van der Waals surface area contributed by atoms with Crippen LogP contribution in [0.15, 0.2) is 135 Å². The average molecular weight is 697 g/mol. The van der Waals surface area contributed by atoms with Crippen LogP contribution >= 0.6 is 27.7 Å². The molecule has 0 saturated heterocycles. The van der Waals surface area contributed by atoms with Gasteiger partial charge in [0.25, 0.3) is 11.8 Å². The molecule has 0 unspecified atom stereocenters. The number of hydrogen-bond acceptors (Lipinski definition) is 6. The van der Waals surface area contributed by atoms with Gasteiger partial charge in [-0.15, -0.1) is 11.8 Å². The summed E-state index contributed by atoms with van der Waals surface area (Å²) < 4.78 is 12.4. The van der Waals surface area contributed by atoms with Crippen molar-refractivity contribution >= 4 is 62.9 Å². The molecule has 0 aliphatic heterocycles. The van der Waals surface area contributed by atoms with Crippen molar-refractivity contribution < 1.29 is 23.5 Å². The van der Waals surface area contributed by atoms with Crippen LogP contribution in [0.3, 0.4) is 0 Å². The molecule has 4 aromatic carbocycles. The molecule has 1 heterocycles. The van der Waals surface area contributed by atoms with Crippen molar-refractivity contribution in [1.29, 1.82) is 0 Å². The summed E-state index contributed by atoms with van der Waals surface area (Å²) in [6, 6.07) is 34.1. The van der Waals surface area contributed by atoms with Gasteiger partial charge in [-0.25, -0.2) is 0 Å². The Morgan fingerprint density at radius 1 is 0.804 bits per heavy atom. The summed E-state index contributed by atoms with van der Waals surface area (Å²) in [7, 11) is 0. The molecule has 0 saturated carbocycles. The highest BCUT2D eigenvalue weighted by atomic mass is 79.9. The van der Waals surface area contributed by atoms with Gasteiger partial charge in [0.1, 0.15) is 23.0 Å². The monoisotopic (exact) mass is 695 g/mol. The van der Waals surface area contributed by atoms with Gasteiger partial charge in [-0.1, -0.05) is 46.3 Å². The number of amides is 3. The van der Waals surface area contributed by atoms with Crippen molar-refractivity contribution in [3.63, 3.8) is 0 Å². The summed E-state index contributed by atoms with van der Waals surface area (Å²) in [5.74, 6) is 0.869. The van der Waals surface area contributed by atoms with Crippen LogP contribution < -0.4 is 20.7 Å². The second-order valence-corrected chi connectivity index (χ2v) is 11.8. The fourth-order valence-corrected chi connectivity index (χ4v) is 5.23. The van der Waals surface area contributed by atoms with Crippen LogP contribution in [-0.2, 0) is 9.59 Å². The molecular weight excluding hydrogens is 666 g/mol. The normalized spacial score (nSPS) is 11.0. The van der Waals surface area contributed by atoms with Crippen molar-refractivity contribution in [2.24, 2.45) is 0 Å². The lowest BCUT2D eigenvalue weighted by atomic mass is 10.2. The van der Waals surface area contributed by atoms with E-state index in [0.717, 1.165) is 20.7 Å². The molecule has 1 aromatic heterocycles. The smallest absolute Gasteiger partial charge is 0.272 e. The Hall–Kier alpha value is -5.06. The first-order chi connectivity index (χ1) is 22.4. The molecule has 8 nitrogen and oxygen atoms in total. The maximum atomic E-state index is 13.4. The largest absolute Gasteiger partial charge is 0.494 e. The van der Waals surface area contributed by atoms with Crippen LogP contribution in [0, 0.1) is 0 Å². The highest BCUT2D eigenvalue weighted by molar-refractivity contribution is 9.10. The zero-order chi connectivity index (χ0) is 32.3. The highest BCUT2D eigenvalue weighted by Crippen LogP contribution is 2.26. The second kappa shape index (κ2) is 15.8. The summed E-state index contributed by atoms with van der Waals surface area (Å²) >= 11 is 4.80. The van der Waals surface area contributed by atoms with Crippen LogP contribution in [0.5, 0.6) is 5.75 Å². The molecule has 0 radical (unpaired) electrons. The average Bonchev–Trinajstić information content (AvgIpc) is 3.54. The number of nitrogens with one attached hydrogen (secondary N) is 3. The number of benzene rings is 4. The van der Waals surface area contributed by atoms with Crippen molar-refractivity contribution in [3.8, 4) is 17.1 Å². The molecule has 0 bridgehead atoms. The molecule has 46 heavy (non-hydrogen) atoms. The van der Waals surface area contributed by atoms with E-state index in [1.807, 2.05) is 61.5 Å². The third kappa shape index (κ3) is 9.23. The summed E-state index contributed by atoms with van der Waals surface area (Å²) in [4.78, 5) is 39.7. The molecule has 5 aromatic rings. The summed E-state index contributed by atoms with van der Waals surface area (Å²) in [5.41, 5.74) is 2.49. The zero-order valence-electron chi connectivity index (χ0n) is 24.8. The van der Waals surface area contributed by atoms with Gasteiger partial charge in [0.05, 0.1) is 12.4 Å².